The van der Waals surface area contributed by atoms with Gasteiger partial charge in [-0.05, 0) is 24.1 Å². The first-order chi connectivity index (χ1) is 9.70. The summed E-state index contributed by atoms with van der Waals surface area (Å²) >= 11 is 0. The summed E-state index contributed by atoms with van der Waals surface area (Å²) < 4.78 is 13.3. The molecule has 2 aromatic rings. The van der Waals surface area contributed by atoms with Gasteiger partial charge in [0.2, 0.25) is 0 Å². The van der Waals surface area contributed by atoms with Gasteiger partial charge >= 0.3 is 0 Å². The van der Waals surface area contributed by atoms with Crippen LogP contribution in [-0.2, 0) is 6.42 Å². The lowest BCUT2D eigenvalue weighted by Crippen LogP contribution is -1.97. The Kier molecular flexibility index (Phi) is 4.66. The van der Waals surface area contributed by atoms with E-state index in [1.165, 1.54) is 23.9 Å². The minimum Gasteiger partial charge on any atom is -0.359 e. The number of hydrogen-bond acceptors (Lipinski definition) is 2. The Morgan fingerprint density at radius 2 is 1.85 bits per heavy atom. The van der Waals surface area contributed by atoms with Crippen LogP contribution in [0, 0.1) is 5.82 Å². The lowest BCUT2D eigenvalue weighted by atomic mass is 10.1. The predicted molar refractivity (Wildman–Crippen MR) is 79.3 cm³/mol. The Bertz CT molecular complexity index is 617. The van der Waals surface area contributed by atoms with Crippen LogP contribution in [0.1, 0.15) is 22.8 Å². The van der Waals surface area contributed by atoms with E-state index in [0.717, 1.165) is 6.42 Å². The van der Waals surface area contributed by atoms with Gasteiger partial charge in [0.05, 0.1) is 5.69 Å². The lowest BCUT2D eigenvalue weighted by Gasteiger charge is -2.02. The normalized spacial score (nSPS) is 10.7. The third-order valence-electron chi connectivity index (χ3n) is 2.99. The molecule has 0 aromatic heterocycles. The van der Waals surface area contributed by atoms with Crippen molar-refractivity contribution in [1.82, 2.24) is 0 Å². The number of rotatable bonds is 5. The number of nitrogens with one attached hydrogen (secondary N) is 1. The quantitative estimate of drug-likeness (QED) is 0.651. The summed E-state index contributed by atoms with van der Waals surface area (Å²) in [7, 11) is 0. The van der Waals surface area contributed by atoms with Gasteiger partial charge in [0.25, 0.3) is 0 Å². The molecular formula is C17H16FNO. The molecule has 2 nitrogen and oxygen atoms in total. The SMILES string of the molecule is CCc1ccc(C(=O)/C=C/Nc2ccccc2F)cc1. The van der Waals surface area contributed by atoms with Crippen LogP contribution >= 0.6 is 0 Å². The number of halogens is 1. The average Bonchev–Trinajstić information content (AvgIpc) is 2.49. The predicted octanol–water partition coefficient (Wildman–Crippen LogP) is 4.20. The highest BCUT2D eigenvalue weighted by atomic mass is 19.1. The summed E-state index contributed by atoms with van der Waals surface area (Å²) in [6.07, 6.45) is 3.79. The average molecular weight is 269 g/mol. The zero-order valence-corrected chi connectivity index (χ0v) is 11.3. The van der Waals surface area contributed by atoms with Gasteiger partial charge in [-0.3, -0.25) is 4.79 Å². The van der Waals surface area contributed by atoms with Crippen molar-refractivity contribution in [3.8, 4) is 0 Å². The van der Waals surface area contributed by atoms with Crippen LogP contribution in [0.15, 0.2) is 60.8 Å². The standard InChI is InChI=1S/C17H16FNO/c1-2-13-7-9-14(10-8-13)17(20)11-12-19-16-6-4-3-5-15(16)18/h3-12,19H,2H2,1H3/b12-11+. The second kappa shape index (κ2) is 6.66. The summed E-state index contributed by atoms with van der Waals surface area (Å²) in [5.74, 6) is -0.464. The van der Waals surface area contributed by atoms with E-state index in [0.29, 0.717) is 11.3 Å². The van der Waals surface area contributed by atoms with E-state index in [1.54, 1.807) is 30.3 Å². The molecule has 3 heteroatoms. The van der Waals surface area contributed by atoms with E-state index in [1.807, 2.05) is 12.1 Å². The van der Waals surface area contributed by atoms with Crippen LogP contribution in [-0.4, -0.2) is 5.78 Å². The van der Waals surface area contributed by atoms with E-state index in [9.17, 15) is 9.18 Å². The van der Waals surface area contributed by atoms with Crippen LogP contribution in [0.25, 0.3) is 0 Å². The summed E-state index contributed by atoms with van der Waals surface area (Å²) in [6.45, 7) is 2.06. The summed E-state index contributed by atoms with van der Waals surface area (Å²) in [5.41, 5.74) is 2.15. The van der Waals surface area contributed by atoms with Gasteiger partial charge in [-0.2, -0.15) is 0 Å². The molecule has 0 heterocycles. The van der Waals surface area contributed by atoms with Crippen molar-refractivity contribution in [2.45, 2.75) is 13.3 Å². The highest BCUT2D eigenvalue weighted by Gasteiger charge is 2.01. The van der Waals surface area contributed by atoms with Gasteiger partial charge in [-0.1, -0.05) is 43.3 Å². The molecule has 102 valence electrons. The van der Waals surface area contributed by atoms with Crippen LogP contribution < -0.4 is 5.32 Å². The number of para-hydroxylation sites is 1. The molecule has 0 unspecified atom stereocenters. The van der Waals surface area contributed by atoms with Crippen molar-refractivity contribution in [2.24, 2.45) is 0 Å². The van der Waals surface area contributed by atoms with Crippen LogP contribution in [0.4, 0.5) is 10.1 Å². The number of aryl methyl sites for hydroxylation is 1. The molecule has 0 spiro atoms. The van der Waals surface area contributed by atoms with Crippen molar-refractivity contribution >= 4 is 11.5 Å². The molecule has 0 aliphatic rings. The van der Waals surface area contributed by atoms with E-state index < -0.39 is 0 Å². The maximum absolute atomic E-state index is 13.3. The second-order valence-corrected chi connectivity index (χ2v) is 4.37. The fraction of sp³-hybridized carbons (Fsp3) is 0.118. The molecule has 0 saturated heterocycles. The topological polar surface area (TPSA) is 29.1 Å². The molecule has 1 N–H and O–H groups in total. The zero-order chi connectivity index (χ0) is 14.4. The fourth-order valence-corrected chi connectivity index (χ4v) is 1.79. The molecule has 0 atom stereocenters. The fourth-order valence-electron chi connectivity index (χ4n) is 1.79. The first kappa shape index (κ1) is 14.0. The first-order valence-electron chi connectivity index (χ1n) is 6.51. The third kappa shape index (κ3) is 3.54. The number of carbonyl (C=O) groups is 1. The Morgan fingerprint density at radius 3 is 2.50 bits per heavy atom. The lowest BCUT2D eigenvalue weighted by molar-refractivity contribution is 0.104. The van der Waals surface area contributed by atoms with Gasteiger partial charge in [0, 0.05) is 17.8 Å². The Balaban J connectivity index is 2.00. The molecule has 20 heavy (non-hydrogen) atoms. The first-order valence-corrected chi connectivity index (χ1v) is 6.51. The van der Waals surface area contributed by atoms with Crippen molar-refractivity contribution < 1.29 is 9.18 Å². The highest BCUT2D eigenvalue weighted by molar-refractivity contribution is 6.04. The number of benzene rings is 2. The monoisotopic (exact) mass is 269 g/mol. The van der Waals surface area contributed by atoms with Crippen LogP contribution in [0.5, 0.6) is 0 Å². The number of carbonyl (C=O) groups excluding carboxylic acids is 1. The molecule has 0 bridgehead atoms. The van der Waals surface area contributed by atoms with Crippen molar-refractivity contribution in [3.63, 3.8) is 0 Å². The summed E-state index contributed by atoms with van der Waals surface area (Å²) in [6, 6.07) is 13.8. The summed E-state index contributed by atoms with van der Waals surface area (Å²) in [5, 5.41) is 2.76. The van der Waals surface area contributed by atoms with Crippen molar-refractivity contribution in [1.29, 1.82) is 0 Å². The second-order valence-electron chi connectivity index (χ2n) is 4.37. The molecule has 0 amide bonds. The van der Waals surface area contributed by atoms with Gasteiger partial charge in [-0.25, -0.2) is 4.39 Å². The minimum absolute atomic E-state index is 0.114. The van der Waals surface area contributed by atoms with Crippen molar-refractivity contribution in [2.75, 3.05) is 5.32 Å². The third-order valence-corrected chi connectivity index (χ3v) is 2.99. The summed E-state index contributed by atoms with van der Waals surface area (Å²) in [4.78, 5) is 11.9. The smallest absolute Gasteiger partial charge is 0.187 e. The molecule has 0 aliphatic heterocycles. The Hall–Kier alpha value is -2.42. The molecule has 2 rings (SSSR count). The van der Waals surface area contributed by atoms with Crippen LogP contribution in [0.3, 0.4) is 0 Å². The van der Waals surface area contributed by atoms with Crippen molar-refractivity contribution in [3.05, 3.63) is 77.8 Å². The minimum atomic E-state index is -0.350. The van der Waals surface area contributed by atoms with Crippen LogP contribution in [0.2, 0.25) is 0 Å². The molecule has 0 fully saturated rings. The van der Waals surface area contributed by atoms with Gasteiger partial charge < -0.3 is 5.32 Å². The Morgan fingerprint density at radius 1 is 1.15 bits per heavy atom. The van der Waals surface area contributed by atoms with E-state index >= 15 is 0 Å². The number of ketones is 1. The maximum Gasteiger partial charge on any atom is 0.187 e. The van der Waals surface area contributed by atoms with Gasteiger partial charge in [-0.15, -0.1) is 0 Å². The van der Waals surface area contributed by atoms with E-state index in [4.69, 9.17) is 0 Å². The van der Waals surface area contributed by atoms with E-state index in [2.05, 4.69) is 12.2 Å². The molecule has 0 saturated carbocycles. The number of allylic oxidation sites excluding steroid dienone is 1. The molecule has 2 aromatic carbocycles. The maximum atomic E-state index is 13.3. The van der Waals surface area contributed by atoms with Gasteiger partial charge in [0.1, 0.15) is 5.82 Å². The zero-order valence-electron chi connectivity index (χ0n) is 11.3. The number of anilines is 1. The van der Waals surface area contributed by atoms with Gasteiger partial charge in [0.15, 0.2) is 5.78 Å². The molecule has 0 radical (unpaired) electrons. The molecular weight excluding hydrogens is 253 g/mol. The highest BCUT2D eigenvalue weighted by Crippen LogP contribution is 2.12. The molecule has 0 aliphatic carbocycles. The van der Waals surface area contributed by atoms with E-state index in [-0.39, 0.29) is 11.6 Å². The Labute approximate surface area is 118 Å². The number of hydrogen-bond donors (Lipinski definition) is 1. The largest absolute Gasteiger partial charge is 0.359 e.